The minimum atomic E-state index is -0.432. The van der Waals surface area contributed by atoms with Gasteiger partial charge < -0.3 is 10.6 Å². The van der Waals surface area contributed by atoms with Crippen LogP contribution in [0.5, 0.6) is 0 Å². The molecule has 0 aliphatic carbocycles. The summed E-state index contributed by atoms with van der Waals surface area (Å²) >= 11 is 0. The molecule has 2 N–H and O–H groups in total. The van der Waals surface area contributed by atoms with Gasteiger partial charge in [0.1, 0.15) is 0 Å². The highest BCUT2D eigenvalue weighted by molar-refractivity contribution is 5.81. The molecule has 0 spiro atoms. The SMILES string of the molecule is CC(C)C[C@@H](N)C(=O)N(C)CCC#N. The predicted octanol–water partition coefficient (Wildman–Crippen LogP) is 0.732. The van der Waals surface area contributed by atoms with E-state index in [2.05, 4.69) is 0 Å². The molecule has 1 atom stereocenters. The van der Waals surface area contributed by atoms with E-state index in [4.69, 9.17) is 11.0 Å². The van der Waals surface area contributed by atoms with Crippen molar-refractivity contribution in [3.05, 3.63) is 0 Å². The first-order chi connectivity index (χ1) is 6.49. The Kier molecular flexibility index (Phi) is 5.89. The van der Waals surface area contributed by atoms with Gasteiger partial charge in [-0.15, -0.1) is 0 Å². The second-order valence-electron chi connectivity index (χ2n) is 3.90. The van der Waals surface area contributed by atoms with Crippen molar-refractivity contribution >= 4 is 5.91 Å². The van der Waals surface area contributed by atoms with Crippen LogP contribution in [0.15, 0.2) is 0 Å². The lowest BCUT2D eigenvalue weighted by Gasteiger charge is -2.21. The molecular formula is C10H19N3O. The summed E-state index contributed by atoms with van der Waals surface area (Å²) in [5.41, 5.74) is 5.72. The van der Waals surface area contributed by atoms with E-state index in [9.17, 15) is 4.79 Å². The maximum Gasteiger partial charge on any atom is 0.239 e. The fourth-order valence-corrected chi connectivity index (χ4v) is 1.22. The molecule has 4 heteroatoms. The second-order valence-corrected chi connectivity index (χ2v) is 3.90. The van der Waals surface area contributed by atoms with Crippen molar-refractivity contribution in [3.63, 3.8) is 0 Å². The van der Waals surface area contributed by atoms with E-state index in [0.29, 0.717) is 25.3 Å². The zero-order chi connectivity index (χ0) is 11.1. The molecule has 0 unspecified atom stereocenters. The average molecular weight is 197 g/mol. The first-order valence-corrected chi connectivity index (χ1v) is 4.86. The van der Waals surface area contributed by atoms with Crippen molar-refractivity contribution in [2.75, 3.05) is 13.6 Å². The molecule has 14 heavy (non-hydrogen) atoms. The van der Waals surface area contributed by atoms with Gasteiger partial charge >= 0.3 is 0 Å². The van der Waals surface area contributed by atoms with Crippen molar-refractivity contribution in [2.45, 2.75) is 32.7 Å². The molecule has 0 heterocycles. The Morgan fingerprint density at radius 2 is 2.14 bits per heavy atom. The van der Waals surface area contributed by atoms with E-state index in [1.54, 1.807) is 7.05 Å². The molecule has 0 saturated carbocycles. The van der Waals surface area contributed by atoms with Crippen LogP contribution in [0, 0.1) is 17.2 Å². The summed E-state index contributed by atoms with van der Waals surface area (Å²) in [7, 11) is 1.68. The highest BCUT2D eigenvalue weighted by Crippen LogP contribution is 2.05. The van der Waals surface area contributed by atoms with Crippen LogP contribution in [0.1, 0.15) is 26.7 Å². The molecule has 0 aromatic rings. The van der Waals surface area contributed by atoms with E-state index in [1.807, 2.05) is 19.9 Å². The fraction of sp³-hybridized carbons (Fsp3) is 0.800. The highest BCUT2D eigenvalue weighted by atomic mass is 16.2. The molecule has 0 rings (SSSR count). The van der Waals surface area contributed by atoms with E-state index in [1.165, 1.54) is 4.90 Å². The van der Waals surface area contributed by atoms with Crippen molar-refractivity contribution in [3.8, 4) is 6.07 Å². The van der Waals surface area contributed by atoms with Crippen molar-refractivity contribution in [2.24, 2.45) is 11.7 Å². The average Bonchev–Trinajstić information content (AvgIpc) is 2.11. The zero-order valence-electron chi connectivity index (χ0n) is 9.16. The molecule has 1 amide bonds. The first-order valence-electron chi connectivity index (χ1n) is 4.86. The van der Waals surface area contributed by atoms with Crippen molar-refractivity contribution in [1.29, 1.82) is 5.26 Å². The van der Waals surface area contributed by atoms with Gasteiger partial charge in [0.2, 0.25) is 5.91 Å². The van der Waals surface area contributed by atoms with Crippen LogP contribution in [-0.2, 0) is 4.79 Å². The molecule has 0 aromatic carbocycles. The number of hydrogen-bond acceptors (Lipinski definition) is 3. The minimum Gasteiger partial charge on any atom is -0.343 e. The Morgan fingerprint density at radius 1 is 1.57 bits per heavy atom. The van der Waals surface area contributed by atoms with Gasteiger partial charge in [0.15, 0.2) is 0 Å². The van der Waals surface area contributed by atoms with Gasteiger partial charge in [0.25, 0.3) is 0 Å². The predicted molar refractivity (Wildman–Crippen MR) is 55.3 cm³/mol. The Labute approximate surface area is 85.7 Å². The van der Waals surface area contributed by atoms with Crippen molar-refractivity contribution in [1.82, 2.24) is 4.90 Å². The van der Waals surface area contributed by atoms with Crippen LogP contribution in [0.25, 0.3) is 0 Å². The van der Waals surface area contributed by atoms with Gasteiger partial charge in [-0.25, -0.2) is 0 Å². The third-order valence-electron chi connectivity index (χ3n) is 1.98. The third kappa shape index (κ3) is 4.83. The summed E-state index contributed by atoms with van der Waals surface area (Å²) in [5.74, 6) is 0.340. The lowest BCUT2D eigenvalue weighted by Crippen LogP contribution is -2.42. The van der Waals surface area contributed by atoms with E-state index in [0.717, 1.165) is 0 Å². The largest absolute Gasteiger partial charge is 0.343 e. The molecule has 0 radical (unpaired) electrons. The summed E-state index contributed by atoms with van der Waals surface area (Å²) in [6.07, 6.45) is 1.05. The molecule has 80 valence electrons. The smallest absolute Gasteiger partial charge is 0.239 e. The van der Waals surface area contributed by atoms with Crippen LogP contribution in [0.3, 0.4) is 0 Å². The number of hydrogen-bond donors (Lipinski definition) is 1. The quantitative estimate of drug-likeness (QED) is 0.706. The first kappa shape index (κ1) is 12.9. The molecule has 0 aliphatic heterocycles. The lowest BCUT2D eigenvalue weighted by molar-refractivity contribution is -0.131. The normalized spacial score (nSPS) is 12.3. The van der Waals surface area contributed by atoms with Gasteiger partial charge in [-0.3, -0.25) is 4.79 Å². The van der Waals surface area contributed by atoms with Crippen LogP contribution in [0.4, 0.5) is 0 Å². The third-order valence-corrected chi connectivity index (χ3v) is 1.98. The summed E-state index contributed by atoms with van der Waals surface area (Å²) < 4.78 is 0. The van der Waals surface area contributed by atoms with Gasteiger partial charge in [0.05, 0.1) is 18.5 Å². The number of rotatable bonds is 5. The van der Waals surface area contributed by atoms with Gasteiger partial charge in [-0.05, 0) is 12.3 Å². The number of nitrogens with zero attached hydrogens (tertiary/aromatic N) is 2. The number of amides is 1. The summed E-state index contributed by atoms with van der Waals surface area (Å²) in [4.78, 5) is 13.1. The Bertz CT molecular complexity index is 220. The highest BCUT2D eigenvalue weighted by Gasteiger charge is 2.18. The topological polar surface area (TPSA) is 70.1 Å². The Hall–Kier alpha value is -1.08. The Balaban J connectivity index is 3.98. The van der Waals surface area contributed by atoms with E-state index >= 15 is 0 Å². The monoisotopic (exact) mass is 197 g/mol. The Morgan fingerprint density at radius 3 is 2.57 bits per heavy atom. The number of likely N-dealkylation sites (N-methyl/N-ethyl adjacent to an activating group) is 1. The molecule has 0 saturated heterocycles. The van der Waals surface area contributed by atoms with Gasteiger partial charge in [-0.2, -0.15) is 5.26 Å². The number of carbonyl (C=O) groups is 1. The molecule has 0 aliphatic rings. The van der Waals surface area contributed by atoms with E-state index in [-0.39, 0.29) is 5.91 Å². The maximum atomic E-state index is 11.6. The fourth-order valence-electron chi connectivity index (χ4n) is 1.22. The molecular weight excluding hydrogens is 178 g/mol. The summed E-state index contributed by atoms with van der Waals surface area (Å²) in [6, 6.07) is 1.57. The molecule has 0 fully saturated rings. The van der Waals surface area contributed by atoms with Gasteiger partial charge in [-0.1, -0.05) is 13.8 Å². The molecule has 0 bridgehead atoms. The summed E-state index contributed by atoms with van der Waals surface area (Å²) in [5, 5.41) is 8.36. The second kappa shape index (κ2) is 6.39. The van der Waals surface area contributed by atoms with Crippen LogP contribution < -0.4 is 5.73 Å². The number of nitriles is 1. The van der Waals surface area contributed by atoms with Crippen molar-refractivity contribution < 1.29 is 4.79 Å². The van der Waals surface area contributed by atoms with Crippen LogP contribution >= 0.6 is 0 Å². The number of carbonyl (C=O) groups excluding carboxylic acids is 1. The minimum absolute atomic E-state index is 0.0750. The molecule has 0 aromatic heterocycles. The summed E-state index contributed by atoms with van der Waals surface area (Å²) in [6.45, 7) is 4.52. The van der Waals surface area contributed by atoms with E-state index < -0.39 is 6.04 Å². The maximum absolute atomic E-state index is 11.6. The van der Waals surface area contributed by atoms with Crippen LogP contribution in [0.2, 0.25) is 0 Å². The number of nitrogens with two attached hydrogens (primary N) is 1. The standard InChI is InChI=1S/C10H19N3O/c1-8(2)7-9(12)10(14)13(3)6-4-5-11/h8-9H,4,6-7,12H2,1-3H3/t9-/m1/s1. The zero-order valence-corrected chi connectivity index (χ0v) is 9.16. The van der Waals surface area contributed by atoms with Crippen LogP contribution in [-0.4, -0.2) is 30.4 Å². The molecule has 4 nitrogen and oxygen atoms in total. The van der Waals surface area contributed by atoms with Gasteiger partial charge in [0, 0.05) is 13.6 Å². The lowest BCUT2D eigenvalue weighted by atomic mass is 10.0.